The third-order valence-corrected chi connectivity index (χ3v) is 6.06. The Morgan fingerprint density at radius 1 is 0.906 bits per heavy atom. The van der Waals surface area contributed by atoms with Gasteiger partial charge in [0.05, 0.1) is 6.42 Å². The molecule has 32 heavy (non-hydrogen) atoms. The highest BCUT2D eigenvalue weighted by molar-refractivity contribution is 5.79. The van der Waals surface area contributed by atoms with E-state index in [1.807, 2.05) is 59.5 Å². The lowest BCUT2D eigenvalue weighted by Crippen LogP contribution is -2.46. The van der Waals surface area contributed by atoms with Crippen LogP contribution in [0, 0.1) is 0 Å². The number of carbonyl (C=O) groups excluding carboxylic acids is 1. The first-order chi connectivity index (χ1) is 15.8. The molecule has 1 amide bonds. The van der Waals surface area contributed by atoms with E-state index in [0.717, 1.165) is 41.7 Å². The van der Waals surface area contributed by atoms with Crippen molar-refractivity contribution in [1.82, 2.24) is 4.90 Å². The molecule has 1 unspecified atom stereocenters. The quantitative estimate of drug-likeness (QED) is 0.547. The van der Waals surface area contributed by atoms with Crippen molar-refractivity contribution in [1.29, 1.82) is 0 Å². The van der Waals surface area contributed by atoms with Crippen LogP contribution in [0.5, 0.6) is 11.5 Å². The largest absolute Gasteiger partial charge is 0.454 e. The molecular formula is C27H27NO4. The number of hydrogen-bond donors (Lipinski definition) is 0. The maximum absolute atomic E-state index is 13.3. The fourth-order valence-corrected chi connectivity index (χ4v) is 4.42. The summed E-state index contributed by atoms with van der Waals surface area (Å²) in [6.07, 6.45) is 2.72. The fourth-order valence-electron chi connectivity index (χ4n) is 4.42. The van der Waals surface area contributed by atoms with Crippen LogP contribution in [0.4, 0.5) is 0 Å². The van der Waals surface area contributed by atoms with Gasteiger partial charge in [0.1, 0.15) is 12.3 Å². The second-order valence-electron chi connectivity index (χ2n) is 8.24. The summed E-state index contributed by atoms with van der Waals surface area (Å²) >= 11 is 0. The summed E-state index contributed by atoms with van der Waals surface area (Å²) in [4.78, 5) is 15.2. The minimum absolute atomic E-state index is 0.0773. The Kier molecular flexibility index (Phi) is 6.08. The van der Waals surface area contributed by atoms with Crippen LogP contribution >= 0.6 is 0 Å². The third-order valence-electron chi connectivity index (χ3n) is 6.06. The summed E-state index contributed by atoms with van der Waals surface area (Å²) in [5.74, 6) is 1.51. The Balaban J connectivity index is 1.35. The number of piperidine rings is 1. The molecule has 3 aromatic carbocycles. The minimum atomic E-state index is -0.254. The monoisotopic (exact) mass is 429 g/mol. The summed E-state index contributed by atoms with van der Waals surface area (Å²) in [5, 5.41) is 0. The van der Waals surface area contributed by atoms with Crippen LogP contribution in [0.2, 0.25) is 0 Å². The Labute approximate surface area is 188 Å². The standard InChI is InChI=1S/C27H27NO4/c29-25(18-20-14-15-23-24(17-20)31-19-30-23)28-16-8-7-13-26(28)32-27(21-9-3-1-4-10-21)22-11-5-2-6-12-22/h1-6,9-12,14-15,17,26-27H,7-8,13,16,18-19H2. The Hall–Kier alpha value is -3.31. The minimum Gasteiger partial charge on any atom is -0.454 e. The normalized spacial score (nSPS) is 17.5. The van der Waals surface area contributed by atoms with Crippen LogP contribution in [0.15, 0.2) is 78.9 Å². The molecule has 0 aromatic heterocycles. The molecule has 5 heteroatoms. The number of ether oxygens (including phenoxy) is 3. The smallest absolute Gasteiger partial charge is 0.231 e. The highest BCUT2D eigenvalue weighted by Crippen LogP contribution is 2.34. The molecule has 0 aliphatic carbocycles. The summed E-state index contributed by atoms with van der Waals surface area (Å²) in [5.41, 5.74) is 3.10. The second kappa shape index (κ2) is 9.45. The lowest BCUT2D eigenvalue weighted by atomic mass is 10.0. The maximum atomic E-state index is 13.3. The van der Waals surface area contributed by atoms with Gasteiger partial charge < -0.3 is 19.1 Å². The number of likely N-dealkylation sites (tertiary alicyclic amines) is 1. The molecule has 0 bridgehead atoms. The summed E-state index contributed by atoms with van der Waals surface area (Å²) in [6.45, 7) is 0.944. The van der Waals surface area contributed by atoms with Crippen molar-refractivity contribution in [2.45, 2.75) is 38.0 Å². The van der Waals surface area contributed by atoms with Crippen molar-refractivity contribution in [3.63, 3.8) is 0 Å². The molecule has 3 aromatic rings. The van der Waals surface area contributed by atoms with Crippen molar-refractivity contribution < 1.29 is 19.0 Å². The fraction of sp³-hybridized carbons (Fsp3) is 0.296. The van der Waals surface area contributed by atoms with Crippen LogP contribution in [-0.4, -0.2) is 30.4 Å². The SMILES string of the molecule is O=C(Cc1ccc2c(c1)OCO2)N1CCCCC1OC(c1ccccc1)c1ccccc1. The highest BCUT2D eigenvalue weighted by atomic mass is 16.7. The van der Waals surface area contributed by atoms with Crippen LogP contribution < -0.4 is 9.47 Å². The first-order valence-corrected chi connectivity index (χ1v) is 11.2. The van der Waals surface area contributed by atoms with E-state index in [9.17, 15) is 4.79 Å². The van der Waals surface area contributed by atoms with Crippen molar-refractivity contribution in [2.75, 3.05) is 13.3 Å². The zero-order chi connectivity index (χ0) is 21.8. The molecule has 5 rings (SSSR count). The molecule has 164 valence electrons. The average molecular weight is 430 g/mol. The number of carbonyl (C=O) groups is 1. The Bertz CT molecular complexity index is 1010. The predicted molar refractivity (Wildman–Crippen MR) is 121 cm³/mol. The molecule has 0 N–H and O–H groups in total. The van der Waals surface area contributed by atoms with Crippen molar-refractivity contribution in [3.05, 3.63) is 95.6 Å². The van der Waals surface area contributed by atoms with E-state index < -0.39 is 0 Å². The molecule has 0 spiro atoms. The maximum Gasteiger partial charge on any atom is 0.231 e. The molecule has 0 saturated carbocycles. The van der Waals surface area contributed by atoms with Crippen LogP contribution in [0.1, 0.15) is 42.1 Å². The van der Waals surface area contributed by atoms with E-state index in [-0.39, 0.29) is 25.0 Å². The second-order valence-corrected chi connectivity index (χ2v) is 8.24. The number of amides is 1. The first kappa shape index (κ1) is 20.6. The van der Waals surface area contributed by atoms with Crippen molar-refractivity contribution >= 4 is 5.91 Å². The highest BCUT2D eigenvalue weighted by Gasteiger charge is 2.31. The Morgan fingerprint density at radius 3 is 2.31 bits per heavy atom. The summed E-state index contributed by atoms with van der Waals surface area (Å²) in [6, 6.07) is 26.2. The van der Waals surface area contributed by atoms with Gasteiger partial charge in [-0.15, -0.1) is 0 Å². The van der Waals surface area contributed by atoms with E-state index in [4.69, 9.17) is 14.2 Å². The molecule has 2 heterocycles. The van der Waals surface area contributed by atoms with Gasteiger partial charge in [-0.25, -0.2) is 0 Å². The average Bonchev–Trinajstić information content (AvgIpc) is 3.32. The van der Waals surface area contributed by atoms with E-state index >= 15 is 0 Å². The molecule has 1 saturated heterocycles. The molecule has 1 atom stereocenters. The molecule has 2 aliphatic rings. The van der Waals surface area contributed by atoms with Gasteiger partial charge in [-0.3, -0.25) is 4.79 Å². The lowest BCUT2D eigenvalue weighted by Gasteiger charge is -2.38. The zero-order valence-corrected chi connectivity index (χ0v) is 18.0. The van der Waals surface area contributed by atoms with Crippen molar-refractivity contribution in [2.24, 2.45) is 0 Å². The van der Waals surface area contributed by atoms with Gasteiger partial charge in [0.15, 0.2) is 11.5 Å². The van der Waals surface area contributed by atoms with E-state index in [2.05, 4.69) is 24.3 Å². The van der Waals surface area contributed by atoms with Gasteiger partial charge in [-0.05, 0) is 48.1 Å². The first-order valence-electron chi connectivity index (χ1n) is 11.2. The van der Waals surface area contributed by atoms with Gasteiger partial charge >= 0.3 is 0 Å². The van der Waals surface area contributed by atoms with E-state index in [1.54, 1.807) is 0 Å². The van der Waals surface area contributed by atoms with Gasteiger partial charge in [-0.1, -0.05) is 66.7 Å². The lowest BCUT2D eigenvalue weighted by molar-refractivity contribution is -0.155. The Morgan fingerprint density at radius 2 is 1.59 bits per heavy atom. The number of fused-ring (bicyclic) bond motifs is 1. The molecular weight excluding hydrogens is 402 g/mol. The van der Waals surface area contributed by atoms with Gasteiger partial charge in [0.25, 0.3) is 0 Å². The number of hydrogen-bond acceptors (Lipinski definition) is 4. The molecule has 5 nitrogen and oxygen atoms in total. The van der Waals surface area contributed by atoms with Gasteiger partial charge in [0.2, 0.25) is 12.7 Å². The number of benzene rings is 3. The zero-order valence-electron chi connectivity index (χ0n) is 18.0. The van der Waals surface area contributed by atoms with Crippen molar-refractivity contribution in [3.8, 4) is 11.5 Å². The van der Waals surface area contributed by atoms with Crippen LogP contribution in [-0.2, 0) is 16.0 Å². The predicted octanol–water partition coefficient (Wildman–Crippen LogP) is 5.10. The molecule has 0 radical (unpaired) electrons. The third kappa shape index (κ3) is 4.48. The summed E-state index contributed by atoms with van der Waals surface area (Å²) < 4.78 is 17.5. The molecule has 1 fully saturated rings. The van der Waals surface area contributed by atoms with E-state index in [1.165, 1.54) is 0 Å². The van der Waals surface area contributed by atoms with Crippen LogP contribution in [0.25, 0.3) is 0 Å². The summed E-state index contributed by atoms with van der Waals surface area (Å²) in [7, 11) is 0. The molecule has 2 aliphatic heterocycles. The van der Waals surface area contributed by atoms with Gasteiger partial charge in [-0.2, -0.15) is 0 Å². The number of rotatable bonds is 6. The van der Waals surface area contributed by atoms with E-state index in [0.29, 0.717) is 18.7 Å². The topological polar surface area (TPSA) is 48.0 Å². The van der Waals surface area contributed by atoms with Crippen LogP contribution in [0.3, 0.4) is 0 Å². The number of nitrogens with zero attached hydrogens (tertiary/aromatic N) is 1. The van der Waals surface area contributed by atoms with Gasteiger partial charge in [0, 0.05) is 6.54 Å².